The van der Waals surface area contributed by atoms with Gasteiger partial charge in [-0.05, 0) is 25.7 Å². The molecule has 14 heavy (non-hydrogen) atoms. The van der Waals surface area contributed by atoms with Crippen LogP contribution in [0.4, 0.5) is 0 Å². The van der Waals surface area contributed by atoms with Crippen molar-refractivity contribution in [1.29, 1.82) is 0 Å². The van der Waals surface area contributed by atoms with Crippen LogP contribution in [0.3, 0.4) is 0 Å². The lowest BCUT2D eigenvalue weighted by Gasteiger charge is -2.17. The van der Waals surface area contributed by atoms with Gasteiger partial charge in [0.2, 0.25) is 0 Å². The molecule has 0 atom stereocenters. The van der Waals surface area contributed by atoms with Crippen molar-refractivity contribution < 1.29 is 5.11 Å². The highest BCUT2D eigenvalue weighted by atomic mass is 32.2. The Morgan fingerprint density at radius 1 is 1.21 bits per heavy atom. The molecular weight excluding hydrogens is 214 g/mol. The van der Waals surface area contributed by atoms with Crippen LogP contribution >= 0.6 is 24.0 Å². The van der Waals surface area contributed by atoms with Crippen LogP contribution in [0.25, 0.3) is 0 Å². The van der Waals surface area contributed by atoms with Crippen molar-refractivity contribution in [1.82, 2.24) is 4.90 Å². The number of aliphatic hydroxyl groups excluding tert-OH is 1. The first kappa shape index (κ1) is 12.3. The minimum atomic E-state index is 0.321. The van der Waals surface area contributed by atoms with Crippen LogP contribution in [0.15, 0.2) is 0 Å². The standard InChI is InChI=1S/C10H19NOS2/c12-8-4-1-5-9-14-10(13)11-6-2-3-7-11/h12H,1-9H2. The van der Waals surface area contributed by atoms with Crippen molar-refractivity contribution >= 4 is 28.3 Å². The first-order valence-electron chi connectivity index (χ1n) is 5.37. The SMILES string of the molecule is OCCCCCSC(=S)N1CCCC1. The van der Waals surface area contributed by atoms with Gasteiger partial charge in [0.05, 0.1) is 0 Å². The zero-order chi connectivity index (χ0) is 10.2. The van der Waals surface area contributed by atoms with Crippen molar-refractivity contribution in [2.24, 2.45) is 0 Å². The maximum atomic E-state index is 8.61. The van der Waals surface area contributed by atoms with Crippen molar-refractivity contribution in [3.05, 3.63) is 0 Å². The van der Waals surface area contributed by atoms with Gasteiger partial charge in [0.1, 0.15) is 4.32 Å². The molecule has 0 aromatic rings. The molecule has 0 aliphatic carbocycles. The molecule has 4 heteroatoms. The Labute approximate surface area is 96.1 Å². The maximum Gasteiger partial charge on any atom is 0.136 e. The lowest BCUT2D eigenvalue weighted by atomic mass is 10.3. The van der Waals surface area contributed by atoms with Gasteiger partial charge in [-0.25, -0.2) is 0 Å². The van der Waals surface area contributed by atoms with Crippen molar-refractivity contribution in [3.63, 3.8) is 0 Å². The zero-order valence-electron chi connectivity index (χ0n) is 8.57. The first-order valence-corrected chi connectivity index (χ1v) is 6.76. The second-order valence-electron chi connectivity index (χ2n) is 3.59. The third-order valence-corrected chi connectivity index (χ3v) is 4.00. The van der Waals surface area contributed by atoms with E-state index in [1.807, 2.05) is 0 Å². The van der Waals surface area contributed by atoms with Gasteiger partial charge in [-0.2, -0.15) is 0 Å². The van der Waals surface area contributed by atoms with E-state index < -0.39 is 0 Å². The monoisotopic (exact) mass is 233 g/mol. The van der Waals surface area contributed by atoms with Gasteiger partial charge < -0.3 is 10.0 Å². The Morgan fingerprint density at radius 2 is 1.93 bits per heavy atom. The van der Waals surface area contributed by atoms with Crippen LogP contribution in [0, 0.1) is 0 Å². The number of thioether (sulfide) groups is 1. The fourth-order valence-corrected chi connectivity index (χ4v) is 2.86. The summed E-state index contributed by atoms with van der Waals surface area (Å²) in [5, 5.41) is 8.61. The lowest BCUT2D eigenvalue weighted by molar-refractivity contribution is 0.284. The number of aliphatic hydroxyl groups is 1. The highest BCUT2D eigenvalue weighted by Gasteiger charge is 2.14. The molecule has 0 aromatic heterocycles. The van der Waals surface area contributed by atoms with Gasteiger partial charge in [0.25, 0.3) is 0 Å². The summed E-state index contributed by atoms with van der Waals surface area (Å²) < 4.78 is 1.08. The predicted molar refractivity (Wildman–Crippen MR) is 66.8 cm³/mol. The molecule has 1 heterocycles. The Hall–Kier alpha value is 0.200. The summed E-state index contributed by atoms with van der Waals surface area (Å²) in [6.07, 6.45) is 5.80. The number of thiocarbonyl (C=S) groups is 1. The second kappa shape index (κ2) is 7.49. The third kappa shape index (κ3) is 4.62. The van der Waals surface area contributed by atoms with E-state index in [9.17, 15) is 0 Å². The quantitative estimate of drug-likeness (QED) is 0.581. The molecule has 1 rings (SSSR count). The lowest BCUT2D eigenvalue weighted by Crippen LogP contribution is -2.23. The highest BCUT2D eigenvalue weighted by molar-refractivity contribution is 8.22. The molecule has 1 aliphatic heterocycles. The van der Waals surface area contributed by atoms with Crippen molar-refractivity contribution in [3.8, 4) is 0 Å². The van der Waals surface area contributed by atoms with E-state index in [4.69, 9.17) is 17.3 Å². The minimum Gasteiger partial charge on any atom is -0.396 e. The Morgan fingerprint density at radius 3 is 2.57 bits per heavy atom. The Bertz CT molecular complexity index is 170. The smallest absolute Gasteiger partial charge is 0.136 e. The number of nitrogens with zero attached hydrogens (tertiary/aromatic N) is 1. The van der Waals surface area contributed by atoms with E-state index >= 15 is 0 Å². The predicted octanol–water partition coefficient (Wildman–Crippen LogP) is 2.26. The molecule has 0 amide bonds. The minimum absolute atomic E-state index is 0.321. The summed E-state index contributed by atoms with van der Waals surface area (Å²) in [7, 11) is 0. The molecule has 1 aliphatic rings. The number of unbranched alkanes of at least 4 members (excludes halogenated alkanes) is 2. The number of likely N-dealkylation sites (tertiary alicyclic amines) is 1. The second-order valence-corrected chi connectivity index (χ2v) is 5.32. The van der Waals surface area contributed by atoms with Gasteiger partial charge in [-0.15, -0.1) is 0 Å². The fourth-order valence-electron chi connectivity index (χ4n) is 1.54. The summed E-state index contributed by atoms with van der Waals surface area (Å²) in [4.78, 5) is 2.31. The molecule has 1 saturated heterocycles. The summed E-state index contributed by atoms with van der Waals surface area (Å²) in [6, 6.07) is 0. The van der Waals surface area contributed by atoms with Gasteiger partial charge in [-0.1, -0.05) is 30.4 Å². The van der Waals surface area contributed by atoms with E-state index in [-0.39, 0.29) is 0 Å². The molecule has 2 nitrogen and oxygen atoms in total. The van der Waals surface area contributed by atoms with E-state index in [1.165, 1.54) is 19.3 Å². The largest absolute Gasteiger partial charge is 0.396 e. The summed E-state index contributed by atoms with van der Waals surface area (Å²) in [5.74, 6) is 1.11. The van der Waals surface area contributed by atoms with Crippen LogP contribution in [0.1, 0.15) is 32.1 Å². The number of hydrogen-bond acceptors (Lipinski definition) is 3. The van der Waals surface area contributed by atoms with Crippen LogP contribution in [-0.4, -0.2) is 39.8 Å². The van der Waals surface area contributed by atoms with E-state index in [0.717, 1.165) is 36.0 Å². The van der Waals surface area contributed by atoms with Gasteiger partial charge in [-0.3, -0.25) is 0 Å². The van der Waals surface area contributed by atoms with Gasteiger partial charge >= 0.3 is 0 Å². The van der Waals surface area contributed by atoms with Crippen molar-refractivity contribution in [2.75, 3.05) is 25.4 Å². The van der Waals surface area contributed by atoms with Crippen LogP contribution in [0.5, 0.6) is 0 Å². The molecule has 0 radical (unpaired) electrons. The zero-order valence-corrected chi connectivity index (χ0v) is 10.2. The van der Waals surface area contributed by atoms with Gasteiger partial charge in [0, 0.05) is 25.4 Å². The normalized spacial score (nSPS) is 16.2. The van der Waals surface area contributed by atoms with E-state index in [2.05, 4.69) is 4.90 Å². The molecule has 0 unspecified atom stereocenters. The van der Waals surface area contributed by atoms with Crippen LogP contribution < -0.4 is 0 Å². The molecule has 0 aromatic carbocycles. The Balaban J connectivity index is 1.97. The molecule has 0 spiro atoms. The van der Waals surface area contributed by atoms with Gasteiger partial charge in [0.15, 0.2) is 0 Å². The molecular formula is C10H19NOS2. The summed E-state index contributed by atoms with van der Waals surface area (Å²) in [6.45, 7) is 2.63. The molecule has 0 saturated carbocycles. The van der Waals surface area contributed by atoms with E-state index in [0.29, 0.717) is 6.61 Å². The summed E-state index contributed by atoms with van der Waals surface area (Å²) in [5.41, 5.74) is 0. The highest BCUT2D eigenvalue weighted by Crippen LogP contribution is 2.17. The molecule has 1 N–H and O–H groups in total. The van der Waals surface area contributed by atoms with Crippen LogP contribution in [-0.2, 0) is 0 Å². The molecule has 82 valence electrons. The fraction of sp³-hybridized carbons (Fsp3) is 0.900. The Kier molecular flexibility index (Phi) is 6.56. The summed E-state index contributed by atoms with van der Waals surface area (Å²) >= 11 is 7.13. The molecule has 0 bridgehead atoms. The molecule has 1 fully saturated rings. The number of hydrogen-bond donors (Lipinski definition) is 1. The average Bonchev–Trinajstić information content (AvgIpc) is 2.70. The number of rotatable bonds is 5. The maximum absolute atomic E-state index is 8.61. The van der Waals surface area contributed by atoms with E-state index in [1.54, 1.807) is 11.8 Å². The first-order chi connectivity index (χ1) is 6.84. The van der Waals surface area contributed by atoms with Crippen LogP contribution in [0.2, 0.25) is 0 Å². The third-order valence-electron chi connectivity index (χ3n) is 2.39. The topological polar surface area (TPSA) is 23.5 Å². The van der Waals surface area contributed by atoms with Crippen molar-refractivity contribution in [2.45, 2.75) is 32.1 Å². The average molecular weight is 233 g/mol.